The maximum Gasteiger partial charge on any atom is 0.312 e. The predicted molar refractivity (Wildman–Crippen MR) is 85.0 cm³/mol. The molecule has 1 aromatic carbocycles. The lowest BCUT2D eigenvalue weighted by Gasteiger charge is -2.40. The second kappa shape index (κ2) is 6.38. The Hall–Kier alpha value is -2.77. The van der Waals surface area contributed by atoms with Crippen LogP contribution in [-0.4, -0.2) is 40.8 Å². The van der Waals surface area contributed by atoms with Gasteiger partial charge in [0, 0.05) is 24.3 Å². The maximum absolute atomic E-state index is 12.3. The first-order chi connectivity index (χ1) is 11.2. The Kier molecular flexibility index (Phi) is 4.68. The monoisotopic (exact) mass is 334 g/mol. The molecular formula is C16H18N2O6. The number of carbonyl (C=O) groups excluding carboxylic acids is 1. The zero-order valence-electron chi connectivity index (χ0n) is 13.5. The molecule has 8 nitrogen and oxygen atoms in total. The molecule has 0 amide bonds. The van der Waals surface area contributed by atoms with Crippen molar-refractivity contribution in [2.75, 3.05) is 7.11 Å². The molecule has 0 saturated carbocycles. The van der Waals surface area contributed by atoms with Crippen LogP contribution in [0.5, 0.6) is 0 Å². The van der Waals surface area contributed by atoms with Gasteiger partial charge in [0.15, 0.2) is 0 Å². The number of hydrogen-bond donors (Lipinski definition) is 1. The quantitative estimate of drug-likeness (QED) is 0.511. The van der Waals surface area contributed by atoms with Crippen LogP contribution in [-0.2, 0) is 14.3 Å². The summed E-state index contributed by atoms with van der Waals surface area (Å²) < 4.78 is 4.84. The van der Waals surface area contributed by atoms with Crippen molar-refractivity contribution in [3.8, 4) is 0 Å². The second-order valence-electron chi connectivity index (χ2n) is 6.17. The molecular weight excluding hydrogens is 316 g/mol. The van der Waals surface area contributed by atoms with E-state index < -0.39 is 40.2 Å². The lowest BCUT2D eigenvalue weighted by atomic mass is 9.67. The van der Waals surface area contributed by atoms with Gasteiger partial charge in [-0.05, 0) is 19.4 Å². The summed E-state index contributed by atoms with van der Waals surface area (Å²) in [4.78, 5) is 38.6. The van der Waals surface area contributed by atoms with Crippen molar-refractivity contribution in [3.63, 3.8) is 0 Å². The van der Waals surface area contributed by atoms with Gasteiger partial charge < -0.3 is 9.84 Å². The van der Waals surface area contributed by atoms with Crippen LogP contribution in [0, 0.1) is 22.0 Å². The van der Waals surface area contributed by atoms with E-state index in [-0.39, 0.29) is 5.69 Å². The van der Waals surface area contributed by atoms with Crippen molar-refractivity contribution >= 4 is 23.8 Å². The fourth-order valence-corrected chi connectivity index (χ4v) is 3.12. The molecule has 128 valence electrons. The van der Waals surface area contributed by atoms with Gasteiger partial charge in [-0.15, -0.1) is 0 Å². The number of hydrogen-bond acceptors (Lipinski definition) is 6. The van der Waals surface area contributed by atoms with Gasteiger partial charge in [-0.3, -0.25) is 24.7 Å². The first kappa shape index (κ1) is 17.6. The van der Waals surface area contributed by atoms with E-state index in [1.807, 2.05) is 0 Å². The van der Waals surface area contributed by atoms with Crippen LogP contribution in [0.1, 0.15) is 25.3 Å². The zero-order chi connectivity index (χ0) is 18.1. The van der Waals surface area contributed by atoms with Crippen molar-refractivity contribution in [1.82, 2.24) is 0 Å². The molecule has 0 fully saturated rings. The number of non-ortho nitro benzene ring substituents is 1. The average Bonchev–Trinajstić information content (AvgIpc) is 2.52. The van der Waals surface area contributed by atoms with E-state index in [1.165, 1.54) is 31.5 Å². The van der Waals surface area contributed by atoms with E-state index in [1.54, 1.807) is 19.9 Å². The summed E-state index contributed by atoms with van der Waals surface area (Å²) >= 11 is 0. The van der Waals surface area contributed by atoms with Crippen molar-refractivity contribution < 1.29 is 24.4 Å². The maximum atomic E-state index is 12.3. The molecule has 2 rings (SSSR count). The van der Waals surface area contributed by atoms with Crippen LogP contribution in [0.2, 0.25) is 0 Å². The number of aliphatic carboxylic acids is 1. The highest BCUT2D eigenvalue weighted by Gasteiger charge is 2.50. The number of methoxy groups -OCH3 is 1. The largest absolute Gasteiger partial charge is 0.481 e. The van der Waals surface area contributed by atoms with Gasteiger partial charge in [-0.1, -0.05) is 12.1 Å². The Labute approximate surface area is 138 Å². The molecule has 8 heteroatoms. The van der Waals surface area contributed by atoms with E-state index in [0.717, 1.165) is 0 Å². The number of nitro groups is 1. The summed E-state index contributed by atoms with van der Waals surface area (Å²) in [7, 11) is 1.22. The predicted octanol–water partition coefficient (Wildman–Crippen LogP) is 2.03. The van der Waals surface area contributed by atoms with Crippen LogP contribution in [0.15, 0.2) is 29.3 Å². The molecule has 0 saturated heterocycles. The smallest absolute Gasteiger partial charge is 0.312 e. The Bertz CT molecular complexity index is 712. The van der Waals surface area contributed by atoms with Crippen LogP contribution in [0.4, 0.5) is 5.69 Å². The van der Waals surface area contributed by atoms with Gasteiger partial charge in [0.2, 0.25) is 0 Å². The number of rotatable bonds is 4. The van der Waals surface area contributed by atoms with Gasteiger partial charge in [0.05, 0.1) is 29.4 Å². The average molecular weight is 334 g/mol. The number of carbonyl (C=O) groups is 2. The van der Waals surface area contributed by atoms with Crippen LogP contribution >= 0.6 is 0 Å². The molecule has 0 radical (unpaired) electrons. The molecule has 1 N–H and O–H groups in total. The third-order valence-corrected chi connectivity index (χ3v) is 4.28. The van der Waals surface area contributed by atoms with E-state index >= 15 is 0 Å². The molecule has 24 heavy (non-hydrogen) atoms. The van der Waals surface area contributed by atoms with E-state index in [0.29, 0.717) is 5.56 Å². The van der Waals surface area contributed by atoms with Gasteiger partial charge in [0.1, 0.15) is 0 Å². The van der Waals surface area contributed by atoms with E-state index in [9.17, 15) is 24.8 Å². The van der Waals surface area contributed by atoms with Gasteiger partial charge in [-0.2, -0.15) is 0 Å². The summed E-state index contributed by atoms with van der Waals surface area (Å²) in [6.45, 7) is 3.40. The van der Waals surface area contributed by atoms with Crippen LogP contribution in [0.25, 0.3) is 0 Å². The topological polar surface area (TPSA) is 119 Å². The fourth-order valence-electron chi connectivity index (χ4n) is 3.12. The minimum atomic E-state index is -1.15. The fraction of sp³-hybridized carbons (Fsp3) is 0.438. The summed E-state index contributed by atoms with van der Waals surface area (Å²) in [5.74, 6) is -4.53. The Balaban J connectivity index is 2.64. The molecule has 3 unspecified atom stereocenters. The first-order valence-electron chi connectivity index (χ1n) is 7.29. The minimum Gasteiger partial charge on any atom is -0.481 e. The number of nitrogens with zero attached hydrogens (tertiary/aromatic N) is 2. The normalized spacial score (nSPS) is 25.0. The molecule has 0 bridgehead atoms. The lowest BCUT2D eigenvalue weighted by molar-refractivity contribution is -0.385. The van der Waals surface area contributed by atoms with Crippen LogP contribution < -0.4 is 0 Å². The third kappa shape index (κ3) is 3.12. The number of benzene rings is 1. The van der Waals surface area contributed by atoms with Crippen molar-refractivity contribution in [2.24, 2.45) is 16.8 Å². The summed E-state index contributed by atoms with van der Waals surface area (Å²) in [5.41, 5.74) is -0.666. The highest BCUT2D eigenvalue weighted by molar-refractivity contribution is 5.93. The number of carboxylic acid groups (broad SMARTS) is 1. The third-order valence-electron chi connectivity index (χ3n) is 4.28. The molecule has 1 aromatic rings. The summed E-state index contributed by atoms with van der Waals surface area (Å²) in [6, 6.07) is 5.67. The standard InChI is InChI=1S/C16H18N2O6/c1-16(2)13(15(21)24-3)12(11(8-17-16)14(19)20)9-5-4-6-10(7-9)18(22)23/h4-8,11-13H,1-3H3,(H,19,20). The van der Waals surface area contributed by atoms with E-state index in [4.69, 9.17) is 4.74 Å². The first-order valence-corrected chi connectivity index (χ1v) is 7.29. The highest BCUT2D eigenvalue weighted by Crippen LogP contribution is 2.44. The number of esters is 1. The molecule has 1 aliphatic heterocycles. The molecule has 0 aliphatic carbocycles. The molecule has 1 aliphatic rings. The molecule has 0 spiro atoms. The van der Waals surface area contributed by atoms with Gasteiger partial charge in [-0.25, -0.2) is 0 Å². The summed E-state index contributed by atoms with van der Waals surface area (Å²) in [5, 5.41) is 20.5. The number of carboxylic acids is 1. The Morgan fingerprint density at radius 1 is 1.38 bits per heavy atom. The molecule has 0 aromatic heterocycles. The number of nitro benzene ring substituents is 1. The highest BCUT2D eigenvalue weighted by atomic mass is 16.6. The zero-order valence-corrected chi connectivity index (χ0v) is 13.5. The van der Waals surface area contributed by atoms with Gasteiger partial charge >= 0.3 is 11.9 Å². The number of aliphatic imine (C=N–C) groups is 1. The SMILES string of the molecule is COC(=O)C1C(c2cccc([N+](=O)[O-])c2)C(C(=O)O)C=NC1(C)C. The number of ether oxygens (including phenoxy) is 1. The minimum absolute atomic E-state index is 0.166. The molecule has 3 atom stereocenters. The van der Waals surface area contributed by atoms with Crippen LogP contribution in [0.3, 0.4) is 0 Å². The van der Waals surface area contributed by atoms with Gasteiger partial charge in [0.25, 0.3) is 5.69 Å². The molecule has 1 heterocycles. The summed E-state index contributed by atoms with van der Waals surface area (Å²) in [6.07, 6.45) is 1.30. The van der Waals surface area contributed by atoms with Crippen molar-refractivity contribution in [2.45, 2.75) is 25.3 Å². The van der Waals surface area contributed by atoms with Crippen molar-refractivity contribution in [3.05, 3.63) is 39.9 Å². The lowest BCUT2D eigenvalue weighted by Crippen LogP contribution is -2.48. The van der Waals surface area contributed by atoms with E-state index in [2.05, 4.69) is 4.99 Å². The Morgan fingerprint density at radius 2 is 2.04 bits per heavy atom. The van der Waals surface area contributed by atoms with Crippen molar-refractivity contribution in [1.29, 1.82) is 0 Å². The Morgan fingerprint density at radius 3 is 2.58 bits per heavy atom. The second-order valence-corrected chi connectivity index (χ2v) is 6.17.